The maximum absolute atomic E-state index is 12.0. The van der Waals surface area contributed by atoms with Crippen LogP contribution in [0.1, 0.15) is 32.8 Å². The lowest BCUT2D eigenvalue weighted by Gasteiger charge is -2.15. The first kappa shape index (κ1) is 26.5. The van der Waals surface area contributed by atoms with Crippen LogP contribution in [-0.4, -0.2) is 32.6 Å². The number of aliphatic imine (C=N–C) groups is 1. The van der Waals surface area contributed by atoms with Gasteiger partial charge in [-0.1, -0.05) is 26.0 Å². The van der Waals surface area contributed by atoms with Crippen LogP contribution in [0.5, 0.6) is 11.5 Å². The SMILES string of the molecule is CCOc1ccc(NC(=NC)NCc2cccc(NC(=O)CC(C)C)c2)cc1OC.I. The average Bonchev–Trinajstić information content (AvgIpc) is 2.71. The van der Waals surface area contributed by atoms with Crippen molar-refractivity contribution in [1.82, 2.24) is 5.32 Å². The molecule has 0 aromatic heterocycles. The third kappa shape index (κ3) is 9.04. The van der Waals surface area contributed by atoms with E-state index in [-0.39, 0.29) is 29.9 Å². The fourth-order valence-corrected chi connectivity index (χ4v) is 2.86. The monoisotopic (exact) mass is 540 g/mol. The number of nitrogens with one attached hydrogen (secondary N) is 3. The fraction of sp³-hybridized carbons (Fsp3) is 0.391. The Morgan fingerprint density at radius 2 is 1.81 bits per heavy atom. The van der Waals surface area contributed by atoms with E-state index in [0.29, 0.717) is 42.9 Å². The number of anilines is 2. The largest absolute Gasteiger partial charge is 0.493 e. The Bertz CT molecular complexity index is 872. The molecule has 0 heterocycles. The lowest BCUT2D eigenvalue weighted by molar-refractivity contribution is -0.116. The highest BCUT2D eigenvalue weighted by Gasteiger charge is 2.08. The van der Waals surface area contributed by atoms with Crippen molar-refractivity contribution in [2.75, 3.05) is 31.4 Å². The molecule has 2 aromatic rings. The molecule has 2 rings (SSSR count). The zero-order valence-corrected chi connectivity index (χ0v) is 21.2. The summed E-state index contributed by atoms with van der Waals surface area (Å²) in [5.41, 5.74) is 2.65. The second-order valence-electron chi connectivity index (χ2n) is 7.20. The van der Waals surface area contributed by atoms with E-state index < -0.39 is 0 Å². The van der Waals surface area contributed by atoms with Crippen LogP contribution in [0, 0.1) is 5.92 Å². The molecule has 0 fully saturated rings. The lowest BCUT2D eigenvalue weighted by atomic mass is 10.1. The summed E-state index contributed by atoms with van der Waals surface area (Å²) in [4.78, 5) is 16.3. The number of benzene rings is 2. The maximum atomic E-state index is 12.0. The first-order valence-electron chi connectivity index (χ1n) is 10.1. The minimum atomic E-state index is 0. The maximum Gasteiger partial charge on any atom is 0.224 e. The zero-order valence-electron chi connectivity index (χ0n) is 18.8. The summed E-state index contributed by atoms with van der Waals surface area (Å²) in [6.07, 6.45) is 0.505. The molecule has 0 aliphatic carbocycles. The quantitative estimate of drug-likeness (QED) is 0.240. The van der Waals surface area contributed by atoms with Gasteiger partial charge in [0.05, 0.1) is 13.7 Å². The van der Waals surface area contributed by atoms with Crippen molar-refractivity contribution < 1.29 is 14.3 Å². The van der Waals surface area contributed by atoms with Gasteiger partial charge >= 0.3 is 0 Å². The Morgan fingerprint density at radius 3 is 2.45 bits per heavy atom. The summed E-state index contributed by atoms with van der Waals surface area (Å²) >= 11 is 0. The minimum absolute atomic E-state index is 0. The topological polar surface area (TPSA) is 84.0 Å². The highest BCUT2D eigenvalue weighted by Crippen LogP contribution is 2.30. The highest BCUT2D eigenvalue weighted by molar-refractivity contribution is 14.0. The van der Waals surface area contributed by atoms with E-state index in [2.05, 4.69) is 20.9 Å². The number of methoxy groups -OCH3 is 1. The van der Waals surface area contributed by atoms with Crippen LogP contribution >= 0.6 is 24.0 Å². The minimum Gasteiger partial charge on any atom is -0.493 e. The molecular weight excluding hydrogens is 507 g/mol. The molecular formula is C23H33IN4O3. The van der Waals surface area contributed by atoms with Gasteiger partial charge in [0, 0.05) is 37.5 Å². The van der Waals surface area contributed by atoms with Crippen LogP contribution in [0.2, 0.25) is 0 Å². The first-order valence-corrected chi connectivity index (χ1v) is 10.1. The van der Waals surface area contributed by atoms with Crippen molar-refractivity contribution in [3.8, 4) is 11.5 Å². The molecule has 31 heavy (non-hydrogen) atoms. The summed E-state index contributed by atoms with van der Waals surface area (Å²) in [5, 5.41) is 9.47. The van der Waals surface area contributed by atoms with E-state index in [1.807, 2.05) is 63.2 Å². The van der Waals surface area contributed by atoms with Gasteiger partial charge < -0.3 is 25.4 Å². The normalized spacial score (nSPS) is 10.8. The predicted molar refractivity (Wildman–Crippen MR) is 138 cm³/mol. The smallest absolute Gasteiger partial charge is 0.224 e. The molecule has 1 amide bonds. The summed E-state index contributed by atoms with van der Waals surface area (Å²) in [7, 11) is 3.32. The van der Waals surface area contributed by atoms with E-state index in [1.165, 1.54) is 0 Å². The Hall–Kier alpha value is -2.49. The van der Waals surface area contributed by atoms with Gasteiger partial charge in [-0.2, -0.15) is 0 Å². The number of nitrogens with zero attached hydrogens (tertiary/aromatic N) is 1. The molecule has 3 N–H and O–H groups in total. The van der Waals surface area contributed by atoms with Gasteiger partial charge in [0.15, 0.2) is 17.5 Å². The van der Waals surface area contributed by atoms with Crippen molar-refractivity contribution >= 4 is 47.2 Å². The molecule has 0 spiro atoms. The van der Waals surface area contributed by atoms with Crippen LogP contribution in [-0.2, 0) is 11.3 Å². The third-order valence-corrected chi connectivity index (χ3v) is 4.21. The molecule has 170 valence electrons. The molecule has 0 saturated heterocycles. The molecule has 8 heteroatoms. The summed E-state index contributed by atoms with van der Waals surface area (Å²) in [6, 6.07) is 13.4. The number of amides is 1. The molecule has 2 aromatic carbocycles. The van der Waals surface area contributed by atoms with Crippen LogP contribution in [0.15, 0.2) is 47.5 Å². The van der Waals surface area contributed by atoms with Crippen LogP contribution < -0.4 is 25.4 Å². The van der Waals surface area contributed by atoms with Gasteiger partial charge in [0.2, 0.25) is 5.91 Å². The van der Waals surface area contributed by atoms with E-state index in [4.69, 9.17) is 9.47 Å². The molecule has 0 bridgehead atoms. The van der Waals surface area contributed by atoms with E-state index in [0.717, 1.165) is 16.9 Å². The molecule has 0 radical (unpaired) electrons. The lowest BCUT2D eigenvalue weighted by Crippen LogP contribution is -2.30. The van der Waals surface area contributed by atoms with Crippen LogP contribution in [0.4, 0.5) is 11.4 Å². The Kier molecular flexibility index (Phi) is 11.8. The molecule has 0 aliphatic rings. The fourth-order valence-electron chi connectivity index (χ4n) is 2.86. The first-order chi connectivity index (χ1) is 14.4. The van der Waals surface area contributed by atoms with Gasteiger partial charge in [-0.25, -0.2) is 0 Å². The van der Waals surface area contributed by atoms with Crippen LogP contribution in [0.3, 0.4) is 0 Å². The number of guanidine groups is 1. The molecule has 0 unspecified atom stereocenters. The number of hydrogen-bond acceptors (Lipinski definition) is 4. The van der Waals surface area contributed by atoms with E-state index in [1.54, 1.807) is 14.2 Å². The number of rotatable bonds is 9. The number of hydrogen-bond donors (Lipinski definition) is 3. The summed E-state index contributed by atoms with van der Waals surface area (Å²) in [6.45, 7) is 7.12. The highest BCUT2D eigenvalue weighted by atomic mass is 127. The van der Waals surface area contributed by atoms with Gasteiger partial charge in [-0.15, -0.1) is 24.0 Å². The standard InChI is InChI=1S/C23H32N4O3.HI/c1-6-30-20-11-10-19(14-21(20)29-5)27-23(24-4)25-15-17-8-7-9-18(13-17)26-22(28)12-16(2)3;/h7-11,13-14,16H,6,12,15H2,1-5H3,(H,26,28)(H2,24,25,27);1H. The Morgan fingerprint density at radius 1 is 1.06 bits per heavy atom. The second kappa shape index (κ2) is 13.7. The van der Waals surface area contributed by atoms with Gasteiger partial charge in [-0.3, -0.25) is 9.79 Å². The van der Waals surface area contributed by atoms with Gasteiger partial charge in [0.1, 0.15) is 0 Å². The Balaban J connectivity index is 0.00000480. The molecule has 0 saturated carbocycles. The average molecular weight is 540 g/mol. The van der Waals surface area contributed by atoms with Crippen molar-refractivity contribution in [2.24, 2.45) is 10.9 Å². The third-order valence-electron chi connectivity index (χ3n) is 4.21. The summed E-state index contributed by atoms with van der Waals surface area (Å²) < 4.78 is 10.9. The number of ether oxygens (including phenoxy) is 2. The van der Waals surface area contributed by atoms with E-state index >= 15 is 0 Å². The van der Waals surface area contributed by atoms with Crippen LogP contribution in [0.25, 0.3) is 0 Å². The van der Waals surface area contributed by atoms with Crippen molar-refractivity contribution in [1.29, 1.82) is 0 Å². The molecule has 0 aliphatic heterocycles. The molecule has 7 nitrogen and oxygen atoms in total. The number of carbonyl (C=O) groups is 1. The number of carbonyl (C=O) groups excluding carboxylic acids is 1. The second-order valence-corrected chi connectivity index (χ2v) is 7.20. The van der Waals surface area contributed by atoms with Crippen molar-refractivity contribution in [3.05, 3.63) is 48.0 Å². The predicted octanol–water partition coefficient (Wildman–Crippen LogP) is 4.88. The summed E-state index contributed by atoms with van der Waals surface area (Å²) in [5.74, 6) is 2.32. The van der Waals surface area contributed by atoms with Gasteiger partial charge in [-0.05, 0) is 42.7 Å². The molecule has 0 atom stereocenters. The Labute approximate surface area is 202 Å². The van der Waals surface area contributed by atoms with Crippen molar-refractivity contribution in [3.63, 3.8) is 0 Å². The van der Waals surface area contributed by atoms with E-state index in [9.17, 15) is 4.79 Å². The number of halogens is 1. The van der Waals surface area contributed by atoms with Gasteiger partial charge in [0.25, 0.3) is 0 Å². The van der Waals surface area contributed by atoms with Crippen molar-refractivity contribution in [2.45, 2.75) is 33.7 Å². The zero-order chi connectivity index (χ0) is 21.9.